The SMILES string of the molecule is CC1(C)COC2(CCc3c(C#N)cccc32)OC1.N#Cc1cccc2c1CCC2=O. The summed E-state index contributed by atoms with van der Waals surface area (Å²) < 4.78 is 12.1. The standard InChI is InChI=1S/C15H17NO2.C10H7NO/c1-14(2)9-17-15(18-10-14)7-6-12-11(8-16)4-3-5-13(12)15;11-6-7-2-1-3-9-8(7)4-5-10(9)12/h3-5H,6-7,9-10H2,1-2H3;1-3H,4-5H2. The van der Waals surface area contributed by atoms with Crippen LogP contribution in [0.3, 0.4) is 0 Å². The summed E-state index contributed by atoms with van der Waals surface area (Å²) in [6, 6.07) is 15.5. The number of ether oxygens (including phenoxy) is 2. The Morgan fingerprint density at radius 2 is 1.50 bits per heavy atom. The summed E-state index contributed by atoms with van der Waals surface area (Å²) >= 11 is 0. The number of carbonyl (C=O) groups is 1. The van der Waals surface area contributed by atoms with Gasteiger partial charge in [0, 0.05) is 29.4 Å². The molecule has 1 heterocycles. The van der Waals surface area contributed by atoms with E-state index >= 15 is 0 Å². The topological polar surface area (TPSA) is 83.1 Å². The fourth-order valence-electron chi connectivity index (χ4n) is 4.34. The van der Waals surface area contributed by atoms with Gasteiger partial charge in [-0.05, 0) is 36.1 Å². The van der Waals surface area contributed by atoms with E-state index in [1.165, 1.54) is 0 Å². The highest BCUT2D eigenvalue weighted by atomic mass is 16.7. The van der Waals surface area contributed by atoms with Gasteiger partial charge in [-0.3, -0.25) is 4.79 Å². The van der Waals surface area contributed by atoms with Gasteiger partial charge in [-0.25, -0.2) is 0 Å². The van der Waals surface area contributed by atoms with E-state index in [0.29, 0.717) is 25.2 Å². The molecular weight excluding hydrogens is 376 g/mol. The Balaban J connectivity index is 0.000000158. The van der Waals surface area contributed by atoms with E-state index in [4.69, 9.17) is 20.0 Å². The number of nitriles is 2. The highest BCUT2D eigenvalue weighted by Crippen LogP contribution is 2.46. The van der Waals surface area contributed by atoms with E-state index in [1.54, 1.807) is 18.2 Å². The minimum atomic E-state index is -0.599. The van der Waals surface area contributed by atoms with Crippen LogP contribution in [0.5, 0.6) is 0 Å². The molecule has 0 unspecified atom stereocenters. The molecule has 1 saturated heterocycles. The summed E-state index contributed by atoms with van der Waals surface area (Å²) in [6.45, 7) is 5.68. The maximum absolute atomic E-state index is 11.2. The quantitative estimate of drug-likeness (QED) is 0.654. The second-order valence-electron chi connectivity index (χ2n) is 8.80. The van der Waals surface area contributed by atoms with Crippen LogP contribution in [0, 0.1) is 28.1 Å². The van der Waals surface area contributed by atoms with Crippen LogP contribution in [0.2, 0.25) is 0 Å². The lowest BCUT2D eigenvalue weighted by Gasteiger charge is -2.42. The van der Waals surface area contributed by atoms with Gasteiger partial charge in [-0.1, -0.05) is 38.1 Å². The van der Waals surface area contributed by atoms with Crippen molar-refractivity contribution in [3.63, 3.8) is 0 Å². The van der Waals surface area contributed by atoms with Crippen LogP contribution in [0.25, 0.3) is 0 Å². The normalized spacial score (nSPS) is 19.8. The molecule has 0 atom stereocenters. The monoisotopic (exact) mass is 400 g/mol. The maximum Gasteiger partial charge on any atom is 0.195 e. The lowest BCUT2D eigenvalue weighted by molar-refractivity contribution is -0.306. The number of hydrogen-bond acceptors (Lipinski definition) is 5. The summed E-state index contributed by atoms with van der Waals surface area (Å²) in [5.41, 5.74) is 5.30. The van der Waals surface area contributed by atoms with Gasteiger partial charge in [0.25, 0.3) is 0 Å². The van der Waals surface area contributed by atoms with Gasteiger partial charge in [-0.2, -0.15) is 10.5 Å². The molecule has 1 aliphatic heterocycles. The largest absolute Gasteiger partial charge is 0.345 e. The van der Waals surface area contributed by atoms with E-state index < -0.39 is 5.79 Å². The number of rotatable bonds is 0. The molecule has 0 bridgehead atoms. The molecule has 2 aromatic rings. The fourth-order valence-corrected chi connectivity index (χ4v) is 4.34. The summed E-state index contributed by atoms with van der Waals surface area (Å²) in [4.78, 5) is 11.2. The number of hydrogen-bond donors (Lipinski definition) is 0. The Bertz CT molecular complexity index is 1080. The number of nitrogens with zero attached hydrogens (tertiary/aromatic N) is 2. The highest BCUT2D eigenvalue weighted by molar-refractivity contribution is 6.01. The van der Waals surface area contributed by atoms with Crippen molar-refractivity contribution in [3.8, 4) is 12.1 Å². The lowest BCUT2D eigenvalue weighted by Crippen LogP contribution is -2.44. The molecule has 0 N–H and O–H groups in total. The number of benzene rings is 2. The smallest absolute Gasteiger partial charge is 0.195 e. The van der Waals surface area contributed by atoms with E-state index in [0.717, 1.165) is 47.1 Å². The van der Waals surface area contributed by atoms with Gasteiger partial charge in [-0.15, -0.1) is 0 Å². The Hall–Kier alpha value is -2.99. The summed E-state index contributed by atoms with van der Waals surface area (Å²) in [5.74, 6) is -0.431. The number of fused-ring (bicyclic) bond motifs is 3. The third-order valence-corrected chi connectivity index (χ3v) is 6.00. The molecule has 0 saturated carbocycles. The molecule has 30 heavy (non-hydrogen) atoms. The lowest BCUT2D eigenvalue weighted by atomic mass is 9.93. The first-order chi connectivity index (χ1) is 14.4. The van der Waals surface area contributed by atoms with Gasteiger partial charge in [0.05, 0.1) is 36.5 Å². The van der Waals surface area contributed by atoms with Crippen molar-refractivity contribution < 1.29 is 14.3 Å². The zero-order chi connectivity index (χ0) is 21.4. The number of ketones is 1. The van der Waals surface area contributed by atoms with E-state index in [9.17, 15) is 4.79 Å². The van der Waals surface area contributed by atoms with Crippen LogP contribution in [-0.2, 0) is 28.1 Å². The average Bonchev–Trinajstić information content (AvgIpc) is 3.32. The van der Waals surface area contributed by atoms with Gasteiger partial charge < -0.3 is 9.47 Å². The van der Waals surface area contributed by atoms with Crippen molar-refractivity contribution in [3.05, 3.63) is 69.8 Å². The van der Waals surface area contributed by atoms with Crippen LogP contribution >= 0.6 is 0 Å². The van der Waals surface area contributed by atoms with E-state index in [-0.39, 0.29) is 11.2 Å². The van der Waals surface area contributed by atoms with Gasteiger partial charge in [0.15, 0.2) is 11.6 Å². The zero-order valence-electron chi connectivity index (χ0n) is 17.3. The molecule has 1 fully saturated rings. The Labute approximate surface area is 176 Å². The molecule has 3 aliphatic rings. The van der Waals surface area contributed by atoms with Crippen LogP contribution in [0.1, 0.15) is 64.9 Å². The molecule has 5 heteroatoms. The minimum Gasteiger partial charge on any atom is -0.345 e. The molecule has 152 valence electrons. The second kappa shape index (κ2) is 7.69. The predicted octanol–water partition coefficient (Wildman–Crippen LogP) is 4.42. The maximum atomic E-state index is 11.2. The van der Waals surface area contributed by atoms with Crippen molar-refractivity contribution in [2.75, 3.05) is 13.2 Å². The molecule has 5 rings (SSSR count). The van der Waals surface area contributed by atoms with Gasteiger partial charge in [0.2, 0.25) is 0 Å². The van der Waals surface area contributed by atoms with E-state index in [1.807, 2.05) is 18.2 Å². The Morgan fingerprint density at radius 3 is 2.17 bits per heavy atom. The molecule has 2 aliphatic carbocycles. The van der Waals surface area contributed by atoms with Gasteiger partial charge in [0.1, 0.15) is 0 Å². The van der Waals surface area contributed by atoms with Crippen molar-refractivity contribution in [2.45, 2.75) is 45.3 Å². The first-order valence-corrected chi connectivity index (χ1v) is 10.2. The Morgan fingerprint density at radius 1 is 0.867 bits per heavy atom. The molecule has 0 radical (unpaired) electrons. The molecule has 1 spiro atoms. The third kappa shape index (κ3) is 3.52. The second-order valence-corrected chi connectivity index (χ2v) is 8.80. The van der Waals surface area contributed by atoms with Crippen LogP contribution in [-0.4, -0.2) is 19.0 Å². The summed E-state index contributed by atoms with van der Waals surface area (Å²) in [6.07, 6.45) is 2.97. The molecule has 5 nitrogen and oxygen atoms in total. The van der Waals surface area contributed by atoms with Crippen LogP contribution in [0.15, 0.2) is 36.4 Å². The summed E-state index contributed by atoms with van der Waals surface area (Å²) in [7, 11) is 0. The Kier molecular flexibility index (Phi) is 5.20. The van der Waals surface area contributed by atoms with Crippen molar-refractivity contribution in [2.24, 2.45) is 5.41 Å². The first kappa shape index (κ1) is 20.3. The molecule has 0 aromatic heterocycles. The average molecular weight is 400 g/mol. The van der Waals surface area contributed by atoms with E-state index in [2.05, 4.69) is 26.0 Å². The van der Waals surface area contributed by atoms with Gasteiger partial charge >= 0.3 is 0 Å². The minimum absolute atomic E-state index is 0.0703. The zero-order valence-corrected chi connectivity index (χ0v) is 17.3. The van der Waals surface area contributed by atoms with Crippen LogP contribution < -0.4 is 0 Å². The molecular formula is C25H24N2O3. The fraction of sp³-hybridized carbons (Fsp3) is 0.400. The number of Topliss-reactive ketones (excluding diaryl/α,β-unsaturated/α-hetero) is 1. The molecule has 2 aromatic carbocycles. The number of carbonyl (C=O) groups excluding carboxylic acids is 1. The van der Waals surface area contributed by atoms with Crippen molar-refractivity contribution in [1.82, 2.24) is 0 Å². The highest BCUT2D eigenvalue weighted by Gasteiger charge is 2.46. The van der Waals surface area contributed by atoms with Crippen LogP contribution in [0.4, 0.5) is 0 Å². The summed E-state index contributed by atoms with van der Waals surface area (Å²) in [5, 5.41) is 17.9. The van der Waals surface area contributed by atoms with Crippen molar-refractivity contribution in [1.29, 1.82) is 10.5 Å². The first-order valence-electron chi connectivity index (χ1n) is 10.2. The predicted molar refractivity (Wildman–Crippen MR) is 111 cm³/mol. The van der Waals surface area contributed by atoms with Crippen molar-refractivity contribution >= 4 is 5.78 Å². The third-order valence-electron chi connectivity index (χ3n) is 6.00. The molecule has 0 amide bonds.